The van der Waals surface area contributed by atoms with Crippen molar-refractivity contribution in [1.29, 1.82) is 0 Å². The number of aromatic amines is 1. The van der Waals surface area contributed by atoms with E-state index in [9.17, 15) is 29.1 Å². The summed E-state index contributed by atoms with van der Waals surface area (Å²) in [7, 11) is 0. The van der Waals surface area contributed by atoms with Crippen LogP contribution in [0.4, 0.5) is 4.79 Å². The van der Waals surface area contributed by atoms with Gasteiger partial charge in [-0.15, -0.1) is 0 Å². The van der Waals surface area contributed by atoms with Gasteiger partial charge < -0.3 is 57.2 Å². The zero-order chi connectivity index (χ0) is 36.9. The first kappa shape index (κ1) is 35.5. The molecule has 3 aliphatic heterocycles. The Morgan fingerprint density at radius 1 is 0.904 bits per heavy atom. The number of hydrogen-bond donors (Lipinski definition) is 7. The molecule has 0 fully saturated rings. The van der Waals surface area contributed by atoms with E-state index in [1.807, 2.05) is 24.3 Å². The quantitative estimate of drug-likeness (QED) is 0.0696. The topological polar surface area (TPSA) is 274 Å². The van der Waals surface area contributed by atoms with Gasteiger partial charge in [-0.3, -0.25) is 19.4 Å². The Morgan fingerprint density at radius 3 is 2.23 bits per heavy atom. The van der Waals surface area contributed by atoms with Gasteiger partial charge in [0.15, 0.2) is 17.5 Å². The molecule has 10 N–H and O–H groups in total. The molecule has 4 atom stereocenters. The number of imidazole rings is 1. The largest absolute Gasteiger partial charge is 0.480 e. The number of carboxylic acid groups (broad SMARTS) is 1. The first-order valence-electron chi connectivity index (χ1n) is 16.7. The summed E-state index contributed by atoms with van der Waals surface area (Å²) in [4.78, 5) is 81.0. The fraction of sp³-hybridized carbons (Fsp3) is 0.382. The molecule has 0 radical (unpaired) electrons. The number of nitrogens with two attached hydrogens (primary N) is 3. The number of carbonyl (C=O) groups excluding carboxylic acids is 4. The normalized spacial score (nSPS) is 18.3. The van der Waals surface area contributed by atoms with Crippen molar-refractivity contribution in [3.05, 3.63) is 76.9 Å². The van der Waals surface area contributed by atoms with E-state index in [1.54, 1.807) is 12.1 Å². The molecule has 18 nitrogen and oxygen atoms in total. The van der Waals surface area contributed by atoms with E-state index in [1.165, 1.54) is 22.3 Å². The third kappa shape index (κ3) is 7.85. The summed E-state index contributed by atoms with van der Waals surface area (Å²) in [5.74, 6) is -2.23. The second-order valence-electron chi connectivity index (χ2n) is 12.8. The zero-order valence-corrected chi connectivity index (χ0v) is 28.1. The molecule has 0 saturated heterocycles. The maximum absolute atomic E-state index is 14.4. The van der Waals surface area contributed by atoms with Gasteiger partial charge >= 0.3 is 12.0 Å². The van der Waals surface area contributed by atoms with E-state index in [0.717, 1.165) is 16.7 Å². The first-order valence-corrected chi connectivity index (χ1v) is 16.7. The molecule has 3 aliphatic rings. The Labute approximate surface area is 297 Å². The number of hydrogen-bond acceptors (Lipinski definition) is 9. The number of ether oxygens (including phenoxy) is 2. The maximum atomic E-state index is 14.4. The third-order valence-corrected chi connectivity index (χ3v) is 9.38. The van der Waals surface area contributed by atoms with Crippen molar-refractivity contribution < 1.29 is 38.6 Å². The van der Waals surface area contributed by atoms with E-state index < -0.39 is 53.9 Å². The third-order valence-electron chi connectivity index (χ3n) is 9.38. The van der Waals surface area contributed by atoms with Gasteiger partial charge in [0.1, 0.15) is 24.2 Å². The lowest BCUT2D eigenvalue weighted by molar-refractivity contribution is -0.153. The highest BCUT2D eigenvalue weighted by Gasteiger charge is 2.42. The van der Waals surface area contributed by atoms with Crippen LogP contribution in [-0.2, 0) is 51.5 Å². The number of benzene rings is 2. The molecule has 0 aliphatic carbocycles. The molecule has 274 valence electrons. The zero-order valence-electron chi connectivity index (χ0n) is 28.1. The fourth-order valence-electron chi connectivity index (χ4n) is 6.83. The molecule has 0 bridgehead atoms. The molecular weight excluding hydrogens is 676 g/mol. The summed E-state index contributed by atoms with van der Waals surface area (Å²) < 4.78 is 11.1. The second kappa shape index (κ2) is 15.3. The van der Waals surface area contributed by atoms with Gasteiger partial charge in [0, 0.05) is 50.8 Å². The minimum Gasteiger partial charge on any atom is -0.480 e. The van der Waals surface area contributed by atoms with Crippen LogP contribution in [0.25, 0.3) is 0 Å². The predicted molar refractivity (Wildman–Crippen MR) is 183 cm³/mol. The van der Waals surface area contributed by atoms with Crippen LogP contribution < -0.4 is 37.3 Å². The SMILES string of the molecule is NC(=O)N[C@@H](Cc1cnc[nH]1)C(=O)N1Cc2cc3c(cc2CC1C(=O)N[C@@H](CCCN=C(N)N)C(=O)N1Cc2ccccc2C[C@H]1C(=O)O)OCO3. The number of aliphatic imine (C=N–C) groups is 1. The molecule has 1 unspecified atom stereocenters. The Hall–Kier alpha value is -6.33. The molecule has 6 rings (SSSR count). The standard InChI is InChI=1S/C34H40N10O8/c35-33(36)39-7-3-6-23(30(46)44-14-19-5-2-1-4-18(19)8-26(44)32(48)49)41-29(45)25-9-20-10-27-28(52-17-51-27)11-21(20)15-43(25)31(47)24(42-34(37)50)12-22-13-38-16-40-22/h1-2,4-5,10-11,13,16,23-26H,3,6-9,12,14-15,17H2,(H,38,40)(H,41,45)(H,48,49)(H4,35,36,39)(H3,37,42,50)/t23-,24-,25?,26-/m0/s1. The van der Waals surface area contributed by atoms with Gasteiger partial charge in [0.05, 0.1) is 6.33 Å². The van der Waals surface area contributed by atoms with Crippen LogP contribution in [0.3, 0.4) is 0 Å². The molecule has 18 heteroatoms. The predicted octanol–water partition coefficient (Wildman–Crippen LogP) is -0.752. The number of urea groups is 1. The number of nitrogens with one attached hydrogen (secondary N) is 3. The Bertz CT molecular complexity index is 1880. The number of carboxylic acids is 1. The van der Waals surface area contributed by atoms with Crippen molar-refractivity contribution in [2.24, 2.45) is 22.2 Å². The maximum Gasteiger partial charge on any atom is 0.326 e. The van der Waals surface area contributed by atoms with Crippen molar-refractivity contribution in [2.45, 2.75) is 69.4 Å². The minimum absolute atomic E-state index is 0.000474. The van der Waals surface area contributed by atoms with Crippen LogP contribution in [0.15, 0.2) is 53.9 Å². The Kier molecular flexibility index (Phi) is 10.4. The van der Waals surface area contributed by atoms with E-state index in [-0.39, 0.29) is 64.5 Å². The molecule has 52 heavy (non-hydrogen) atoms. The molecule has 0 spiro atoms. The molecule has 0 saturated carbocycles. The number of amides is 5. The lowest BCUT2D eigenvalue weighted by Crippen LogP contribution is -2.61. The smallest absolute Gasteiger partial charge is 0.326 e. The van der Waals surface area contributed by atoms with Crippen molar-refractivity contribution >= 4 is 35.7 Å². The van der Waals surface area contributed by atoms with Crippen LogP contribution >= 0.6 is 0 Å². The summed E-state index contributed by atoms with van der Waals surface area (Å²) in [6.45, 7) is 0.141. The molecule has 3 aromatic rings. The van der Waals surface area contributed by atoms with Crippen molar-refractivity contribution in [1.82, 2.24) is 30.4 Å². The average Bonchev–Trinajstić information content (AvgIpc) is 3.81. The van der Waals surface area contributed by atoms with Crippen LogP contribution in [0.5, 0.6) is 11.5 Å². The van der Waals surface area contributed by atoms with Gasteiger partial charge in [-0.2, -0.15) is 0 Å². The number of H-pyrrole nitrogens is 1. The van der Waals surface area contributed by atoms with Gasteiger partial charge in [-0.25, -0.2) is 14.6 Å². The fourth-order valence-corrected chi connectivity index (χ4v) is 6.83. The molecule has 1 aromatic heterocycles. The summed E-state index contributed by atoms with van der Waals surface area (Å²) in [6.07, 6.45) is 3.38. The Morgan fingerprint density at radius 2 is 1.56 bits per heavy atom. The lowest BCUT2D eigenvalue weighted by atomic mass is 9.91. The van der Waals surface area contributed by atoms with E-state index in [2.05, 4.69) is 25.6 Å². The second-order valence-corrected chi connectivity index (χ2v) is 12.8. The summed E-state index contributed by atoms with van der Waals surface area (Å²) in [5, 5.41) is 15.5. The van der Waals surface area contributed by atoms with Crippen LogP contribution in [0.1, 0.15) is 40.8 Å². The number of guanidine groups is 1. The minimum atomic E-state index is -1.20. The van der Waals surface area contributed by atoms with Crippen molar-refractivity contribution in [3.63, 3.8) is 0 Å². The molecule has 4 heterocycles. The van der Waals surface area contributed by atoms with E-state index in [0.29, 0.717) is 22.8 Å². The summed E-state index contributed by atoms with van der Waals surface area (Å²) in [6, 6.07) is 5.11. The van der Waals surface area contributed by atoms with Crippen molar-refractivity contribution in [2.75, 3.05) is 13.3 Å². The number of primary amides is 1. The van der Waals surface area contributed by atoms with E-state index in [4.69, 9.17) is 26.7 Å². The summed E-state index contributed by atoms with van der Waals surface area (Å²) >= 11 is 0. The highest BCUT2D eigenvalue weighted by molar-refractivity contribution is 5.95. The molecular formula is C34H40N10O8. The van der Waals surface area contributed by atoms with Gasteiger partial charge in [0.25, 0.3) is 0 Å². The van der Waals surface area contributed by atoms with Crippen molar-refractivity contribution in [3.8, 4) is 11.5 Å². The van der Waals surface area contributed by atoms with Gasteiger partial charge in [-0.1, -0.05) is 24.3 Å². The number of aromatic nitrogens is 2. The van der Waals surface area contributed by atoms with Crippen LogP contribution in [-0.4, -0.2) is 98.1 Å². The summed E-state index contributed by atoms with van der Waals surface area (Å²) in [5.41, 5.74) is 20.0. The number of nitrogens with zero attached hydrogens (tertiary/aromatic N) is 4. The number of aliphatic carboxylic acids is 1. The van der Waals surface area contributed by atoms with Gasteiger partial charge in [-0.05, 0) is 47.2 Å². The highest BCUT2D eigenvalue weighted by Crippen LogP contribution is 2.38. The first-order chi connectivity index (χ1) is 25.0. The van der Waals surface area contributed by atoms with Crippen LogP contribution in [0.2, 0.25) is 0 Å². The number of fused-ring (bicyclic) bond motifs is 3. The number of carbonyl (C=O) groups is 5. The lowest BCUT2D eigenvalue weighted by Gasteiger charge is -2.39. The van der Waals surface area contributed by atoms with E-state index >= 15 is 0 Å². The average molecular weight is 717 g/mol. The van der Waals surface area contributed by atoms with Gasteiger partial charge in [0.2, 0.25) is 24.5 Å². The van der Waals surface area contributed by atoms with Crippen LogP contribution in [0, 0.1) is 0 Å². The molecule has 5 amide bonds. The number of rotatable bonds is 12. The molecule has 2 aromatic carbocycles. The highest BCUT2D eigenvalue weighted by atomic mass is 16.7. The monoisotopic (exact) mass is 716 g/mol. The Balaban J connectivity index is 1.31.